The van der Waals surface area contributed by atoms with Crippen molar-refractivity contribution in [2.45, 2.75) is 24.9 Å². The van der Waals surface area contributed by atoms with Crippen molar-refractivity contribution in [1.82, 2.24) is 4.90 Å². The van der Waals surface area contributed by atoms with Gasteiger partial charge in [-0.05, 0) is 6.42 Å². The summed E-state index contributed by atoms with van der Waals surface area (Å²) in [4.78, 5) is 12.8. The maximum atomic E-state index is 12.6. The van der Waals surface area contributed by atoms with E-state index >= 15 is 0 Å². The third-order valence-electron chi connectivity index (χ3n) is 3.03. The predicted octanol–water partition coefficient (Wildman–Crippen LogP) is 1.63. The maximum Gasteiger partial charge on any atom is 0.393 e. The van der Waals surface area contributed by atoms with Crippen LogP contribution in [0.15, 0.2) is 0 Å². The van der Waals surface area contributed by atoms with E-state index in [1.807, 2.05) is 0 Å². The number of halogens is 4. The summed E-state index contributed by atoms with van der Waals surface area (Å²) in [6, 6.07) is 0. The quantitative estimate of drug-likeness (QED) is 0.794. The smallest absolute Gasteiger partial charge is 0.393 e. The highest BCUT2D eigenvalue weighted by molar-refractivity contribution is 6.30. The predicted molar refractivity (Wildman–Crippen MR) is 56.6 cm³/mol. The van der Waals surface area contributed by atoms with E-state index in [9.17, 15) is 18.0 Å². The molecule has 3 atom stereocenters. The van der Waals surface area contributed by atoms with Crippen LogP contribution in [0.1, 0.15) is 13.3 Å². The highest BCUT2D eigenvalue weighted by Crippen LogP contribution is 2.37. The van der Waals surface area contributed by atoms with Crippen LogP contribution in [0, 0.1) is 11.8 Å². The van der Waals surface area contributed by atoms with Crippen LogP contribution < -0.4 is 0 Å². The van der Waals surface area contributed by atoms with Crippen LogP contribution >= 0.6 is 11.6 Å². The van der Waals surface area contributed by atoms with Crippen molar-refractivity contribution < 1.29 is 23.1 Å². The molecule has 1 rings (SSSR count). The van der Waals surface area contributed by atoms with E-state index in [2.05, 4.69) is 0 Å². The summed E-state index contributed by atoms with van der Waals surface area (Å²) in [5.41, 5.74) is 0. The molecule has 0 aromatic carbocycles. The first kappa shape index (κ1) is 14.6. The van der Waals surface area contributed by atoms with Crippen LogP contribution in [0.5, 0.6) is 0 Å². The number of aliphatic hydroxyl groups is 1. The fourth-order valence-corrected chi connectivity index (χ4v) is 2.12. The number of amides is 1. The number of hydrogen-bond acceptors (Lipinski definition) is 2. The van der Waals surface area contributed by atoms with Crippen molar-refractivity contribution in [2.24, 2.45) is 11.8 Å². The molecule has 0 aromatic heterocycles. The molecule has 1 N–H and O–H groups in total. The van der Waals surface area contributed by atoms with Gasteiger partial charge >= 0.3 is 6.18 Å². The molecule has 3 nitrogen and oxygen atoms in total. The molecular weight excluding hydrogens is 259 g/mol. The molecule has 0 radical (unpaired) electrons. The number of hydrogen-bond donors (Lipinski definition) is 1. The average molecular weight is 274 g/mol. The molecule has 1 aliphatic heterocycles. The normalized spacial score (nSPS) is 27.3. The van der Waals surface area contributed by atoms with Crippen LogP contribution in [0.4, 0.5) is 13.2 Å². The van der Waals surface area contributed by atoms with E-state index in [0.717, 1.165) is 4.90 Å². The molecular formula is C10H15ClF3NO2. The van der Waals surface area contributed by atoms with Crippen LogP contribution in [0.3, 0.4) is 0 Å². The molecule has 0 unspecified atom stereocenters. The molecule has 0 aliphatic carbocycles. The Hall–Kier alpha value is -0.490. The summed E-state index contributed by atoms with van der Waals surface area (Å²) in [6.45, 7) is 0.628. The molecule has 17 heavy (non-hydrogen) atoms. The number of carbonyl (C=O) groups is 1. The van der Waals surface area contributed by atoms with Gasteiger partial charge in [-0.1, -0.05) is 6.92 Å². The summed E-state index contributed by atoms with van der Waals surface area (Å²) in [5.74, 6) is -3.09. The van der Waals surface area contributed by atoms with Crippen molar-refractivity contribution >= 4 is 17.5 Å². The number of likely N-dealkylation sites (tertiary alicyclic amines) is 1. The standard InChI is InChI=1S/C10H15ClF3NO2/c1-2-8(11)9(17)15-3-6(5-16)7(4-15)10(12,13)14/h6-8,16H,2-5H2,1H3/t6-,7-,8-/m0/s1. The molecule has 0 spiro atoms. The molecule has 1 aliphatic rings. The van der Waals surface area contributed by atoms with E-state index in [0.29, 0.717) is 6.42 Å². The third kappa shape index (κ3) is 3.25. The van der Waals surface area contributed by atoms with Crippen molar-refractivity contribution in [3.05, 3.63) is 0 Å². The second-order valence-electron chi connectivity index (χ2n) is 4.21. The van der Waals surface area contributed by atoms with Gasteiger partial charge in [-0.15, -0.1) is 11.6 Å². The molecule has 1 heterocycles. The highest BCUT2D eigenvalue weighted by Gasteiger charge is 2.50. The van der Waals surface area contributed by atoms with Gasteiger partial charge in [0.15, 0.2) is 0 Å². The lowest BCUT2D eigenvalue weighted by atomic mass is 9.97. The van der Waals surface area contributed by atoms with Gasteiger partial charge in [0.2, 0.25) is 5.91 Å². The minimum absolute atomic E-state index is 0.0806. The molecule has 0 aromatic rings. The van der Waals surface area contributed by atoms with Gasteiger partial charge in [-0.25, -0.2) is 0 Å². The topological polar surface area (TPSA) is 40.5 Å². The Labute approximate surface area is 103 Å². The first-order chi connectivity index (χ1) is 7.81. The van der Waals surface area contributed by atoms with Gasteiger partial charge in [-0.3, -0.25) is 4.79 Å². The van der Waals surface area contributed by atoms with E-state index in [-0.39, 0.29) is 6.54 Å². The Morgan fingerprint density at radius 1 is 1.53 bits per heavy atom. The maximum absolute atomic E-state index is 12.6. The van der Waals surface area contributed by atoms with E-state index in [4.69, 9.17) is 16.7 Å². The summed E-state index contributed by atoms with van der Waals surface area (Å²) in [7, 11) is 0. The van der Waals surface area contributed by atoms with Crippen molar-refractivity contribution in [3.63, 3.8) is 0 Å². The second kappa shape index (κ2) is 5.44. The Balaban J connectivity index is 2.73. The van der Waals surface area contributed by atoms with Crippen molar-refractivity contribution in [1.29, 1.82) is 0 Å². The Kier molecular flexibility index (Phi) is 4.66. The summed E-state index contributed by atoms with van der Waals surface area (Å²) in [6.07, 6.45) is -4.02. The Bertz CT molecular complexity index is 285. The lowest BCUT2D eigenvalue weighted by Crippen LogP contribution is -2.36. The van der Waals surface area contributed by atoms with Crippen LogP contribution in [-0.4, -0.2) is 47.2 Å². The van der Waals surface area contributed by atoms with Crippen molar-refractivity contribution in [3.8, 4) is 0 Å². The number of alkyl halides is 4. The van der Waals surface area contributed by atoms with Gasteiger partial charge in [0.25, 0.3) is 0 Å². The van der Waals surface area contributed by atoms with Crippen molar-refractivity contribution in [2.75, 3.05) is 19.7 Å². The summed E-state index contributed by atoms with van der Waals surface area (Å²) >= 11 is 5.71. The zero-order valence-corrected chi connectivity index (χ0v) is 10.1. The summed E-state index contributed by atoms with van der Waals surface area (Å²) in [5, 5.41) is 8.13. The fraction of sp³-hybridized carbons (Fsp3) is 0.900. The number of aliphatic hydroxyl groups excluding tert-OH is 1. The van der Waals surface area contributed by atoms with Gasteiger partial charge in [0.05, 0.1) is 5.92 Å². The van der Waals surface area contributed by atoms with Gasteiger partial charge < -0.3 is 10.0 Å². The highest BCUT2D eigenvalue weighted by atomic mass is 35.5. The third-order valence-corrected chi connectivity index (χ3v) is 3.53. The number of rotatable bonds is 3. The first-order valence-corrected chi connectivity index (χ1v) is 5.85. The molecule has 0 bridgehead atoms. The Morgan fingerprint density at radius 3 is 2.47 bits per heavy atom. The fourth-order valence-electron chi connectivity index (χ4n) is 1.98. The molecule has 1 fully saturated rings. The lowest BCUT2D eigenvalue weighted by Gasteiger charge is -2.20. The van der Waals surface area contributed by atoms with E-state index in [1.165, 1.54) is 0 Å². The zero-order valence-electron chi connectivity index (χ0n) is 9.38. The monoisotopic (exact) mass is 273 g/mol. The first-order valence-electron chi connectivity index (χ1n) is 5.41. The van der Waals surface area contributed by atoms with E-state index < -0.39 is 42.4 Å². The molecule has 100 valence electrons. The van der Waals surface area contributed by atoms with Gasteiger partial charge in [-0.2, -0.15) is 13.2 Å². The minimum atomic E-state index is -4.39. The molecule has 7 heteroatoms. The molecule has 0 saturated carbocycles. The van der Waals surface area contributed by atoms with Crippen LogP contribution in [0.25, 0.3) is 0 Å². The second-order valence-corrected chi connectivity index (χ2v) is 4.74. The van der Waals surface area contributed by atoms with Crippen LogP contribution in [-0.2, 0) is 4.79 Å². The zero-order chi connectivity index (χ0) is 13.2. The minimum Gasteiger partial charge on any atom is -0.396 e. The largest absolute Gasteiger partial charge is 0.396 e. The van der Waals surface area contributed by atoms with Gasteiger partial charge in [0, 0.05) is 25.6 Å². The lowest BCUT2D eigenvalue weighted by molar-refractivity contribution is -0.183. The van der Waals surface area contributed by atoms with Crippen LogP contribution in [0.2, 0.25) is 0 Å². The number of nitrogens with zero attached hydrogens (tertiary/aromatic N) is 1. The Morgan fingerprint density at radius 2 is 2.12 bits per heavy atom. The van der Waals surface area contributed by atoms with Gasteiger partial charge in [0.1, 0.15) is 5.38 Å². The number of carbonyl (C=O) groups excluding carboxylic acids is 1. The van der Waals surface area contributed by atoms with E-state index in [1.54, 1.807) is 6.92 Å². The SMILES string of the molecule is CC[C@H](Cl)C(=O)N1C[C@@H](CO)[C@@H](C(F)(F)F)C1. The molecule has 1 amide bonds. The average Bonchev–Trinajstić information content (AvgIpc) is 2.70. The molecule has 1 saturated heterocycles. The summed E-state index contributed by atoms with van der Waals surface area (Å²) < 4.78 is 37.9.